The summed E-state index contributed by atoms with van der Waals surface area (Å²) >= 11 is 3.32. The molecule has 1 unspecified atom stereocenters. The molecule has 0 aliphatic heterocycles. The summed E-state index contributed by atoms with van der Waals surface area (Å²) in [6.07, 6.45) is 4.42. The van der Waals surface area contributed by atoms with Gasteiger partial charge >= 0.3 is 0 Å². The molecule has 0 spiro atoms. The Bertz CT molecular complexity index is 1180. The van der Waals surface area contributed by atoms with Gasteiger partial charge in [-0.2, -0.15) is 10.5 Å². The van der Waals surface area contributed by atoms with E-state index < -0.39 is 5.01 Å². The van der Waals surface area contributed by atoms with Crippen molar-refractivity contribution in [2.75, 3.05) is 11.5 Å². The Morgan fingerprint density at radius 1 is 1.03 bits per heavy atom. The number of nitrogens with zero attached hydrogens (tertiary/aromatic N) is 3. The van der Waals surface area contributed by atoms with Crippen molar-refractivity contribution in [2.24, 2.45) is 0 Å². The molecular weight excluding hydrogens is 446 g/mol. The van der Waals surface area contributed by atoms with Crippen LogP contribution in [0.3, 0.4) is 0 Å². The van der Waals surface area contributed by atoms with E-state index in [9.17, 15) is 0 Å². The van der Waals surface area contributed by atoms with Crippen LogP contribution in [0.1, 0.15) is 5.56 Å². The van der Waals surface area contributed by atoms with Crippen LogP contribution < -0.4 is 20.9 Å². The number of pyridine rings is 1. The Labute approximate surface area is 181 Å². The number of para-hydroxylation sites is 2. The number of allylic oxidation sites excluding steroid dienone is 1. The smallest absolute Gasteiger partial charge is 0.172 e. The van der Waals surface area contributed by atoms with Gasteiger partial charge in [-0.25, -0.2) is 0 Å². The molecule has 0 radical (unpaired) electrons. The molecule has 2 aromatic carbocycles. The fourth-order valence-electron chi connectivity index (χ4n) is 2.62. The second-order valence-electron chi connectivity index (χ2n) is 5.99. The molecule has 0 saturated carbocycles. The molecule has 1 atom stereocenters. The number of nitrogens with two attached hydrogens (primary N) is 2. The number of hydrogen-bond acceptors (Lipinski definition) is 7. The van der Waals surface area contributed by atoms with Crippen molar-refractivity contribution < 1.29 is 9.47 Å². The third kappa shape index (κ3) is 4.69. The molecule has 0 aliphatic carbocycles. The molecule has 1 heterocycles. The van der Waals surface area contributed by atoms with Crippen molar-refractivity contribution in [2.45, 2.75) is 5.01 Å². The first kappa shape index (κ1) is 20.7. The van der Waals surface area contributed by atoms with Crippen LogP contribution in [0.5, 0.6) is 17.2 Å². The van der Waals surface area contributed by atoms with Crippen molar-refractivity contribution >= 4 is 27.3 Å². The fourth-order valence-corrected chi connectivity index (χ4v) is 2.97. The first-order valence-electron chi connectivity index (χ1n) is 8.72. The number of rotatable bonds is 6. The zero-order chi connectivity index (χ0) is 21.5. The van der Waals surface area contributed by atoms with Gasteiger partial charge in [0.15, 0.2) is 22.3 Å². The topological polar surface area (TPSA) is 131 Å². The van der Waals surface area contributed by atoms with Crippen LogP contribution in [0.2, 0.25) is 0 Å². The van der Waals surface area contributed by atoms with Crippen LogP contribution in [-0.2, 0) is 0 Å². The summed E-state index contributed by atoms with van der Waals surface area (Å²) in [5.41, 5.74) is 14.5. The van der Waals surface area contributed by atoms with Crippen molar-refractivity contribution in [1.82, 2.24) is 4.98 Å². The zero-order valence-corrected chi connectivity index (χ0v) is 17.2. The summed E-state index contributed by atoms with van der Waals surface area (Å²) in [6, 6.07) is 17.6. The van der Waals surface area contributed by atoms with E-state index in [0.29, 0.717) is 39.8 Å². The van der Waals surface area contributed by atoms with Crippen LogP contribution in [0.4, 0.5) is 11.4 Å². The first-order valence-corrected chi connectivity index (χ1v) is 9.63. The summed E-state index contributed by atoms with van der Waals surface area (Å²) in [6.45, 7) is 0. The number of aromatic nitrogens is 1. The minimum atomic E-state index is -0.513. The number of nitriles is 2. The Kier molecular flexibility index (Phi) is 6.53. The van der Waals surface area contributed by atoms with Crippen LogP contribution >= 0.6 is 15.9 Å². The maximum absolute atomic E-state index is 9.17. The highest BCUT2D eigenvalue weighted by atomic mass is 79.9. The quantitative estimate of drug-likeness (QED) is 0.307. The average Bonchev–Trinajstić information content (AvgIpc) is 2.75. The normalized spacial score (nSPS) is 11.4. The highest BCUT2D eigenvalue weighted by Crippen LogP contribution is 2.39. The van der Waals surface area contributed by atoms with Gasteiger partial charge in [0.25, 0.3) is 0 Å². The van der Waals surface area contributed by atoms with E-state index >= 15 is 0 Å². The summed E-state index contributed by atoms with van der Waals surface area (Å²) in [5, 5.41) is 17.3. The minimum absolute atomic E-state index is 0.272. The molecule has 0 amide bonds. The summed E-state index contributed by atoms with van der Waals surface area (Å²) in [5.74, 6) is 1.23. The van der Waals surface area contributed by atoms with Gasteiger partial charge in [-0.05, 0) is 52.3 Å². The fraction of sp³-hybridized carbons (Fsp3) is 0.0455. The Morgan fingerprint density at radius 2 is 1.80 bits per heavy atom. The van der Waals surface area contributed by atoms with Crippen LogP contribution in [0, 0.1) is 22.7 Å². The van der Waals surface area contributed by atoms with Crippen LogP contribution in [-0.4, -0.2) is 10.00 Å². The second kappa shape index (κ2) is 9.46. The van der Waals surface area contributed by atoms with Gasteiger partial charge in [0.1, 0.15) is 5.69 Å². The average molecular weight is 462 g/mol. The lowest BCUT2D eigenvalue weighted by Gasteiger charge is -2.16. The van der Waals surface area contributed by atoms with Gasteiger partial charge in [-0.3, -0.25) is 4.98 Å². The van der Waals surface area contributed by atoms with Gasteiger partial charge in [0, 0.05) is 29.6 Å². The van der Waals surface area contributed by atoms with Crippen LogP contribution in [0.25, 0.3) is 11.3 Å². The maximum atomic E-state index is 9.17. The SMILES string of the molecule is N#C/C=C/C(Br)Oc1ccccc1Oc1ccnc(-c2cc(C#N)ccc2N)c1N. The van der Waals surface area contributed by atoms with Gasteiger partial charge in [0.05, 0.1) is 23.4 Å². The van der Waals surface area contributed by atoms with E-state index in [0.717, 1.165) is 0 Å². The summed E-state index contributed by atoms with van der Waals surface area (Å²) < 4.78 is 11.8. The van der Waals surface area contributed by atoms with Crippen LogP contribution in [0.15, 0.2) is 66.9 Å². The standard InChI is InChI=1S/C22H16BrN5O2/c23-20(6-3-10-24)30-18-5-2-1-4-17(18)29-19-9-11-28-22(21(19)27)15-12-14(13-25)7-8-16(15)26/h1-9,11-12,20H,26-27H2/b6-3+. The number of hydrogen-bond donors (Lipinski definition) is 2. The molecule has 3 rings (SSSR count). The second-order valence-corrected chi connectivity index (χ2v) is 6.89. The molecule has 0 bridgehead atoms. The number of ether oxygens (including phenoxy) is 2. The lowest BCUT2D eigenvalue weighted by Crippen LogP contribution is -2.05. The number of anilines is 2. The van der Waals surface area contributed by atoms with E-state index in [-0.39, 0.29) is 5.69 Å². The molecule has 8 heteroatoms. The Hall–Kier alpha value is -4.01. The van der Waals surface area contributed by atoms with Crippen molar-refractivity contribution in [1.29, 1.82) is 10.5 Å². The summed E-state index contributed by atoms with van der Waals surface area (Å²) in [4.78, 5) is 4.32. The molecule has 0 fully saturated rings. The van der Waals surface area contributed by atoms with E-state index in [1.165, 1.54) is 6.08 Å². The predicted molar refractivity (Wildman–Crippen MR) is 118 cm³/mol. The third-order valence-electron chi connectivity index (χ3n) is 4.02. The number of halogens is 1. The molecular formula is C22H16BrN5O2. The Morgan fingerprint density at radius 3 is 2.53 bits per heavy atom. The maximum Gasteiger partial charge on any atom is 0.172 e. The predicted octanol–water partition coefficient (Wildman–Crippen LogP) is 4.76. The van der Waals surface area contributed by atoms with Crippen molar-refractivity contribution in [3.05, 3.63) is 72.4 Å². The van der Waals surface area contributed by atoms with E-state index in [1.807, 2.05) is 6.07 Å². The molecule has 4 N–H and O–H groups in total. The minimum Gasteiger partial charge on any atom is -0.471 e. The number of nitrogen functional groups attached to an aromatic ring is 2. The highest BCUT2D eigenvalue weighted by Gasteiger charge is 2.16. The van der Waals surface area contributed by atoms with E-state index in [1.54, 1.807) is 60.8 Å². The molecule has 3 aromatic rings. The lowest BCUT2D eigenvalue weighted by atomic mass is 10.0. The largest absolute Gasteiger partial charge is 0.471 e. The van der Waals surface area contributed by atoms with E-state index in [2.05, 4.69) is 27.0 Å². The molecule has 30 heavy (non-hydrogen) atoms. The zero-order valence-electron chi connectivity index (χ0n) is 15.6. The van der Waals surface area contributed by atoms with E-state index in [4.69, 9.17) is 31.5 Å². The molecule has 1 aromatic heterocycles. The van der Waals surface area contributed by atoms with Gasteiger partial charge in [-0.15, -0.1) is 0 Å². The Balaban J connectivity index is 1.95. The highest BCUT2D eigenvalue weighted by molar-refractivity contribution is 9.09. The van der Waals surface area contributed by atoms with Crippen molar-refractivity contribution in [3.63, 3.8) is 0 Å². The van der Waals surface area contributed by atoms with Crippen molar-refractivity contribution in [3.8, 4) is 40.6 Å². The molecule has 148 valence electrons. The number of benzene rings is 2. The third-order valence-corrected chi connectivity index (χ3v) is 4.51. The molecule has 0 saturated heterocycles. The van der Waals surface area contributed by atoms with Gasteiger partial charge in [0.2, 0.25) is 0 Å². The first-order chi connectivity index (χ1) is 14.5. The summed E-state index contributed by atoms with van der Waals surface area (Å²) in [7, 11) is 0. The monoisotopic (exact) mass is 461 g/mol. The molecule has 0 aliphatic rings. The van der Waals surface area contributed by atoms with Gasteiger partial charge in [-0.1, -0.05) is 12.1 Å². The molecule has 7 nitrogen and oxygen atoms in total. The number of alkyl halides is 1. The lowest BCUT2D eigenvalue weighted by molar-refractivity contribution is 0.320. The van der Waals surface area contributed by atoms with Gasteiger partial charge < -0.3 is 20.9 Å².